The van der Waals surface area contributed by atoms with Gasteiger partial charge in [0.05, 0.1) is 12.6 Å². The van der Waals surface area contributed by atoms with Crippen molar-refractivity contribution < 1.29 is 13.9 Å². The number of nitrogen functional groups attached to an aromatic ring is 1. The van der Waals surface area contributed by atoms with Crippen molar-refractivity contribution >= 4 is 24.0 Å². The van der Waals surface area contributed by atoms with Gasteiger partial charge in [-0.25, -0.2) is 4.39 Å². The van der Waals surface area contributed by atoms with E-state index in [0.29, 0.717) is 25.9 Å². The molecule has 0 aliphatic carbocycles. The highest BCUT2D eigenvalue weighted by molar-refractivity contribution is 5.85. The molecule has 2 unspecified atom stereocenters. The van der Waals surface area contributed by atoms with E-state index < -0.39 is 0 Å². The van der Waals surface area contributed by atoms with Crippen LogP contribution < -0.4 is 5.73 Å². The lowest BCUT2D eigenvalue weighted by atomic mass is 10.0. The molecular formula is C20H24ClFN2O2. The predicted octanol–water partition coefficient (Wildman–Crippen LogP) is 3.75. The topological polar surface area (TPSA) is 55.6 Å². The van der Waals surface area contributed by atoms with E-state index in [1.165, 1.54) is 12.1 Å². The zero-order valence-electron chi connectivity index (χ0n) is 14.7. The van der Waals surface area contributed by atoms with E-state index in [1.54, 1.807) is 12.1 Å². The zero-order valence-corrected chi connectivity index (χ0v) is 15.5. The van der Waals surface area contributed by atoms with E-state index in [1.807, 2.05) is 36.1 Å². The van der Waals surface area contributed by atoms with Crippen LogP contribution in [-0.4, -0.2) is 30.0 Å². The molecule has 0 saturated carbocycles. The maximum atomic E-state index is 13.1. The molecule has 1 saturated heterocycles. The van der Waals surface area contributed by atoms with E-state index in [2.05, 4.69) is 0 Å². The molecule has 1 fully saturated rings. The Kier molecular flexibility index (Phi) is 7.00. The number of carbonyl (C=O) groups excluding carboxylic acids is 1. The molecule has 140 valence electrons. The Labute approximate surface area is 159 Å². The van der Waals surface area contributed by atoms with Crippen molar-refractivity contribution in [1.82, 2.24) is 4.90 Å². The third-order valence-electron chi connectivity index (χ3n) is 4.52. The number of morpholine rings is 1. The fourth-order valence-corrected chi connectivity index (χ4v) is 3.18. The summed E-state index contributed by atoms with van der Waals surface area (Å²) in [5.74, 6) is -0.188. The molecule has 0 radical (unpaired) electrons. The summed E-state index contributed by atoms with van der Waals surface area (Å²) in [6.07, 6.45) is 0.750. The normalized spacial score (nSPS) is 19.7. The average Bonchev–Trinajstić information content (AvgIpc) is 2.61. The number of para-hydroxylation sites is 1. The summed E-state index contributed by atoms with van der Waals surface area (Å²) in [7, 11) is 0. The molecule has 1 amide bonds. The summed E-state index contributed by atoms with van der Waals surface area (Å²) < 4.78 is 19.1. The first-order valence-electron chi connectivity index (χ1n) is 8.55. The number of nitrogens with two attached hydrogens (primary N) is 1. The molecule has 0 spiro atoms. The number of aryl methyl sites for hydroxylation is 1. The van der Waals surface area contributed by atoms with Gasteiger partial charge in [0.25, 0.3) is 0 Å². The maximum Gasteiger partial charge on any atom is 0.223 e. The smallest absolute Gasteiger partial charge is 0.223 e. The van der Waals surface area contributed by atoms with Gasteiger partial charge in [-0.1, -0.05) is 30.3 Å². The van der Waals surface area contributed by atoms with Crippen LogP contribution in [0.15, 0.2) is 48.5 Å². The van der Waals surface area contributed by atoms with Gasteiger partial charge in [0.1, 0.15) is 11.9 Å². The molecule has 0 aromatic heterocycles. The Morgan fingerprint density at radius 2 is 1.88 bits per heavy atom. The van der Waals surface area contributed by atoms with Gasteiger partial charge < -0.3 is 15.4 Å². The maximum absolute atomic E-state index is 13.1. The molecule has 1 aliphatic rings. The second-order valence-corrected chi connectivity index (χ2v) is 6.48. The molecule has 0 bridgehead atoms. The molecule has 4 nitrogen and oxygen atoms in total. The molecule has 6 heteroatoms. The largest absolute Gasteiger partial charge is 0.399 e. The minimum Gasteiger partial charge on any atom is -0.399 e. The Morgan fingerprint density at radius 1 is 1.19 bits per heavy atom. The van der Waals surface area contributed by atoms with E-state index in [0.717, 1.165) is 16.8 Å². The van der Waals surface area contributed by atoms with Crippen LogP contribution in [0.1, 0.15) is 30.6 Å². The Hall–Kier alpha value is -2.11. The van der Waals surface area contributed by atoms with Crippen LogP contribution in [0.3, 0.4) is 0 Å². The highest BCUT2D eigenvalue weighted by Crippen LogP contribution is 2.26. The molecule has 2 aromatic carbocycles. The highest BCUT2D eigenvalue weighted by Gasteiger charge is 2.29. The monoisotopic (exact) mass is 378 g/mol. The third kappa shape index (κ3) is 4.96. The first-order chi connectivity index (χ1) is 12.0. The first kappa shape index (κ1) is 20.2. The second kappa shape index (κ2) is 9.01. The number of halogens is 2. The summed E-state index contributed by atoms with van der Waals surface area (Å²) in [5.41, 5.74) is 8.54. The van der Waals surface area contributed by atoms with Crippen molar-refractivity contribution in [2.45, 2.75) is 32.0 Å². The molecule has 2 aromatic rings. The third-order valence-corrected chi connectivity index (χ3v) is 4.52. The zero-order chi connectivity index (χ0) is 17.8. The Bertz CT molecular complexity index is 739. The molecular weight excluding hydrogens is 355 g/mol. The van der Waals surface area contributed by atoms with Crippen LogP contribution in [0.4, 0.5) is 10.1 Å². The number of anilines is 1. The minimum absolute atomic E-state index is 0. The van der Waals surface area contributed by atoms with Crippen LogP contribution in [0.2, 0.25) is 0 Å². The van der Waals surface area contributed by atoms with Crippen molar-refractivity contribution in [2.24, 2.45) is 0 Å². The molecule has 1 heterocycles. The lowest BCUT2D eigenvalue weighted by molar-refractivity contribution is -0.144. The fourth-order valence-electron chi connectivity index (χ4n) is 3.18. The van der Waals surface area contributed by atoms with Crippen molar-refractivity contribution in [3.63, 3.8) is 0 Å². The Balaban J connectivity index is 0.00000243. The van der Waals surface area contributed by atoms with Crippen LogP contribution >= 0.6 is 12.4 Å². The molecule has 2 N–H and O–H groups in total. The van der Waals surface area contributed by atoms with Crippen molar-refractivity contribution in [2.75, 3.05) is 18.8 Å². The van der Waals surface area contributed by atoms with Crippen molar-refractivity contribution in [3.8, 4) is 0 Å². The quantitative estimate of drug-likeness (QED) is 0.824. The lowest BCUT2D eigenvalue weighted by Gasteiger charge is -2.37. The SMILES string of the molecule is CC1CN(C(=O)CCc2ccccc2N)CC(c2ccc(F)cc2)O1.Cl. The Morgan fingerprint density at radius 3 is 2.58 bits per heavy atom. The van der Waals surface area contributed by atoms with Gasteiger partial charge in [-0.3, -0.25) is 4.79 Å². The fraction of sp³-hybridized carbons (Fsp3) is 0.350. The summed E-state index contributed by atoms with van der Waals surface area (Å²) >= 11 is 0. The van der Waals surface area contributed by atoms with Gasteiger partial charge >= 0.3 is 0 Å². The minimum atomic E-state index is -0.277. The van der Waals surface area contributed by atoms with Gasteiger partial charge in [0.15, 0.2) is 0 Å². The standard InChI is InChI=1S/C20H23FN2O2.ClH/c1-14-12-23(13-19(25-14)16-6-9-17(21)10-7-16)20(24)11-8-15-4-2-3-5-18(15)22;/h2-7,9-10,14,19H,8,11-13,22H2,1H3;1H. The van der Waals surface area contributed by atoms with E-state index in [9.17, 15) is 9.18 Å². The van der Waals surface area contributed by atoms with Gasteiger partial charge in [0, 0.05) is 18.7 Å². The predicted molar refractivity (Wildman–Crippen MR) is 103 cm³/mol. The highest BCUT2D eigenvalue weighted by atomic mass is 35.5. The number of rotatable bonds is 4. The van der Waals surface area contributed by atoms with Crippen LogP contribution in [0.5, 0.6) is 0 Å². The van der Waals surface area contributed by atoms with E-state index in [4.69, 9.17) is 10.5 Å². The number of hydrogen-bond acceptors (Lipinski definition) is 3. The second-order valence-electron chi connectivity index (χ2n) is 6.48. The number of nitrogens with zero attached hydrogens (tertiary/aromatic N) is 1. The van der Waals surface area contributed by atoms with Crippen molar-refractivity contribution in [1.29, 1.82) is 0 Å². The van der Waals surface area contributed by atoms with Crippen molar-refractivity contribution in [3.05, 3.63) is 65.5 Å². The van der Waals surface area contributed by atoms with Crippen LogP contribution in [0, 0.1) is 5.82 Å². The number of hydrogen-bond donors (Lipinski definition) is 1. The molecule has 26 heavy (non-hydrogen) atoms. The first-order valence-corrected chi connectivity index (χ1v) is 8.55. The molecule has 3 rings (SSSR count). The molecule has 2 atom stereocenters. The number of amides is 1. The van der Waals surface area contributed by atoms with Gasteiger partial charge in [-0.15, -0.1) is 12.4 Å². The van der Waals surface area contributed by atoms with Gasteiger partial charge in [0.2, 0.25) is 5.91 Å². The van der Waals surface area contributed by atoms with E-state index >= 15 is 0 Å². The average molecular weight is 379 g/mol. The van der Waals surface area contributed by atoms with Gasteiger partial charge in [-0.2, -0.15) is 0 Å². The summed E-state index contributed by atoms with van der Waals surface area (Å²) in [4.78, 5) is 14.5. The summed E-state index contributed by atoms with van der Waals surface area (Å²) in [5, 5.41) is 0. The molecule has 1 aliphatic heterocycles. The summed E-state index contributed by atoms with van der Waals surface area (Å²) in [6.45, 7) is 3.00. The van der Waals surface area contributed by atoms with Crippen LogP contribution in [-0.2, 0) is 16.0 Å². The number of ether oxygens (including phenoxy) is 1. The lowest BCUT2D eigenvalue weighted by Crippen LogP contribution is -2.46. The van der Waals surface area contributed by atoms with Gasteiger partial charge in [-0.05, 0) is 42.7 Å². The number of benzene rings is 2. The number of carbonyl (C=O) groups is 1. The van der Waals surface area contributed by atoms with E-state index in [-0.39, 0.29) is 36.3 Å². The van der Waals surface area contributed by atoms with Crippen LogP contribution in [0.25, 0.3) is 0 Å². The summed E-state index contributed by atoms with van der Waals surface area (Å²) in [6, 6.07) is 13.9.